The summed E-state index contributed by atoms with van der Waals surface area (Å²) < 4.78 is 27.8. The maximum atomic E-state index is 13.3. The van der Waals surface area contributed by atoms with Crippen LogP contribution in [0.25, 0.3) is 0 Å². The Labute approximate surface area is 172 Å². The van der Waals surface area contributed by atoms with Crippen LogP contribution in [0.3, 0.4) is 0 Å². The van der Waals surface area contributed by atoms with Crippen molar-refractivity contribution < 1.29 is 13.2 Å². The van der Waals surface area contributed by atoms with Crippen molar-refractivity contribution in [1.29, 1.82) is 0 Å². The van der Waals surface area contributed by atoms with Crippen LogP contribution in [0.4, 0.5) is 5.69 Å². The summed E-state index contributed by atoms with van der Waals surface area (Å²) in [5.41, 5.74) is 2.21. The first-order valence-corrected chi connectivity index (χ1v) is 10.8. The van der Waals surface area contributed by atoms with E-state index in [9.17, 15) is 13.2 Å². The van der Waals surface area contributed by atoms with Crippen molar-refractivity contribution in [2.24, 2.45) is 0 Å². The van der Waals surface area contributed by atoms with Gasteiger partial charge in [0.2, 0.25) is 5.91 Å². The number of nitrogens with one attached hydrogen (secondary N) is 1. The summed E-state index contributed by atoms with van der Waals surface area (Å²) in [6.45, 7) is 3.39. The Bertz CT molecular complexity index is 1070. The molecule has 0 aromatic heterocycles. The number of carbonyl (C=O) groups excluding carboxylic acids is 1. The van der Waals surface area contributed by atoms with Crippen LogP contribution in [0.15, 0.2) is 89.8 Å². The molecule has 0 fully saturated rings. The summed E-state index contributed by atoms with van der Waals surface area (Å²) in [7, 11) is -3.90. The predicted octanol–water partition coefficient (Wildman–Crippen LogP) is 4.07. The Morgan fingerprint density at radius 3 is 2.07 bits per heavy atom. The van der Waals surface area contributed by atoms with Crippen molar-refractivity contribution in [3.8, 4) is 0 Å². The molecule has 1 amide bonds. The van der Waals surface area contributed by atoms with E-state index in [0.29, 0.717) is 5.69 Å². The minimum Gasteiger partial charge on any atom is -0.348 e. The number of hydrogen-bond donors (Lipinski definition) is 1. The van der Waals surface area contributed by atoms with Gasteiger partial charge >= 0.3 is 0 Å². The second kappa shape index (κ2) is 8.92. The Morgan fingerprint density at radius 2 is 1.45 bits per heavy atom. The van der Waals surface area contributed by atoms with E-state index in [1.807, 2.05) is 56.3 Å². The fourth-order valence-corrected chi connectivity index (χ4v) is 4.61. The van der Waals surface area contributed by atoms with E-state index < -0.39 is 10.0 Å². The lowest BCUT2D eigenvalue weighted by Gasteiger charge is -2.26. The largest absolute Gasteiger partial charge is 0.348 e. The van der Waals surface area contributed by atoms with Gasteiger partial charge in [0, 0.05) is 0 Å². The molecule has 1 N–H and O–H groups in total. The number of para-hydroxylation sites is 1. The third kappa shape index (κ3) is 4.84. The zero-order chi connectivity index (χ0) is 20.9. The highest BCUT2D eigenvalue weighted by Gasteiger charge is 2.28. The molecule has 3 rings (SSSR count). The lowest BCUT2D eigenvalue weighted by atomic mass is 10.1. The maximum absolute atomic E-state index is 13.3. The molecule has 0 heterocycles. The molecule has 0 spiro atoms. The number of hydrogen-bond acceptors (Lipinski definition) is 3. The van der Waals surface area contributed by atoms with Gasteiger partial charge in [-0.05, 0) is 43.2 Å². The molecule has 0 saturated carbocycles. The van der Waals surface area contributed by atoms with E-state index in [1.54, 1.807) is 30.3 Å². The van der Waals surface area contributed by atoms with Crippen molar-refractivity contribution in [1.82, 2.24) is 5.32 Å². The number of rotatable bonds is 7. The van der Waals surface area contributed by atoms with Gasteiger partial charge in [-0.25, -0.2) is 8.42 Å². The molecule has 0 radical (unpaired) electrons. The SMILES string of the molecule is Cc1ccccc1N(CC(=O)N[C@@H](C)c1ccccc1)S(=O)(=O)c1ccccc1. The quantitative estimate of drug-likeness (QED) is 0.641. The molecule has 150 valence electrons. The van der Waals surface area contributed by atoms with Gasteiger partial charge in [-0.2, -0.15) is 0 Å². The molecule has 3 aromatic carbocycles. The highest BCUT2D eigenvalue weighted by molar-refractivity contribution is 7.92. The van der Waals surface area contributed by atoms with E-state index in [4.69, 9.17) is 0 Å². The van der Waals surface area contributed by atoms with Crippen molar-refractivity contribution in [2.75, 3.05) is 10.8 Å². The molecular weight excluding hydrogens is 384 g/mol. The summed E-state index contributed by atoms with van der Waals surface area (Å²) in [4.78, 5) is 12.9. The molecule has 0 aliphatic rings. The van der Waals surface area contributed by atoms with Gasteiger partial charge in [-0.15, -0.1) is 0 Å². The highest BCUT2D eigenvalue weighted by Crippen LogP contribution is 2.26. The van der Waals surface area contributed by atoms with Crippen LogP contribution in [0.2, 0.25) is 0 Å². The van der Waals surface area contributed by atoms with Crippen LogP contribution in [0, 0.1) is 6.92 Å². The Morgan fingerprint density at radius 1 is 0.897 bits per heavy atom. The summed E-state index contributed by atoms with van der Waals surface area (Å²) in [5, 5.41) is 2.89. The average Bonchev–Trinajstić information content (AvgIpc) is 2.74. The molecular formula is C23H24N2O3S. The van der Waals surface area contributed by atoms with Crippen molar-refractivity contribution in [2.45, 2.75) is 24.8 Å². The molecule has 6 heteroatoms. The molecule has 0 bridgehead atoms. The third-order valence-electron chi connectivity index (χ3n) is 4.68. The Balaban J connectivity index is 1.90. The fraction of sp³-hybridized carbons (Fsp3) is 0.174. The zero-order valence-corrected chi connectivity index (χ0v) is 17.3. The first-order valence-electron chi connectivity index (χ1n) is 9.37. The van der Waals surface area contributed by atoms with Crippen LogP contribution in [0.1, 0.15) is 24.1 Å². The second-order valence-corrected chi connectivity index (χ2v) is 8.67. The molecule has 29 heavy (non-hydrogen) atoms. The van der Waals surface area contributed by atoms with E-state index in [2.05, 4.69) is 5.32 Å². The first-order chi connectivity index (χ1) is 13.9. The maximum Gasteiger partial charge on any atom is 0.264 e. The number of amides is 1. The van der Waals surface area contributed by atoms with E-state index >= 15 is 0 Å². The molecule has 0 saturated heterocycles. The highest BCUT2D eigenvalue weighted by atomic mass is 32.2. The standard InChI is InChI=1S/C23H24N2O3S/c1-18-11-9-10-16-22(18)25(29(27,28)21-14-7-4-8-15-21)17-23(26)24-19(2)20-12-5-3-6-13-20/h3-16,19H,17H2,1-2H3,(H,24,26)/t19-/m0/s1. The van der Waals surface area contributed by atoms with Crippen LogP contribution in [-0.2, 0) is 14.8 Å². The summed E-state index contributed by atoms with van der Waals surface area (Å²) in [6, 6.07) is 24.6. The van der Waals surface area contributed by atoms with Gasteiger partial charge in [0.05, 0.1) is 16.6 Å². The number of anilines is 1. The van der Waals surface area contributed by atoms with Crippen molar-refractivity contribution in [3.63, 3.8) is 0 Å². The minimum atomic E-state index is -3.90. The molecule has 5 nitrogen and oxygen atoms in total. The lowest BCUT2D eigenvalue weighted by molar-refractivity contribution is -0.120. The van der Waals surface area contributed by atoms with E-state index in [1.165, 1.54) is 16.4 Å². The van der Waals surface area contributed by atoms with E-state index in [0.717, 1.165) is 11.1 Å². The number of sulfonamides is 1. The smallest absolute Gasteiger partial charge is 0.264 e. The number of benzene rings is 3. The molecule has 0 aliphatic carbocycles. The van der Waals surface area contributed by atoms with E-state index in [-0.39, 0.29) is 23.4 Å². The summed E-state index contributed by atoms with van der Waals surface area (Å²) in [6.07, 6.45) is 0. The lowest BCUT2D eigenvalue weighted by Crippen LogP contribution is -2.41. The van der Waals surface area contributed by atoms with Gasteiger partial charge in [0.25, 0.3) is 10.0 Å². The van der Waals surface area contributed by atoms with Gasteiger partial charge in [0.1, 0.15) is 6.54 Å². The predicted molar refractivity (Wildman–Crippen MR) is 115 cm³/mol. The van der Waals surface area contributed by atoms with Gasteiger partial charge < -0.3 is 5.32 Å². The topological polar surface area (TPSA) is 66.5 Å². The van der Waals surface area contributed by atoms with Gasteiger partial charge in [-0.3, -0.25) is 9.10 Å². The number of aryl methyl sites for hydroxylation is 1. The van der Waals surface area contributed by atoms with Gasteiger partial charge in [-0.1, -0.05) is 66.7 Å². The Hall–Kier alpha value is -3.12. The van der Waals surface area contributed by atoms with Crippen LogP contribution in [0.5, 0.6) is 0 Å². The third-order valence-corrected chi connectivity index (χ3v) is 6.45. The fourth-order valence-electron chi connectivity index (χ4n) is 3.11. The summed E-state index contributed by atoms with van der Waals surface area (Å²) in [5.74, 6) is -0.371. The zero-order valence-electron chi connectivity index (χ0n) is 16.4. The molecule has 1 atom stereocenters. The van der Waals surface area contributed by atoms with Gasteiger partial charge in [0.15, 0.2) is 0 Å². The second-order valence-electron chi connectivity index (χ2n) is 6.81. The van der Waals surface area contributed by atoms with Crippen molar-refractivity contribution in [3.05, 3.63) is 96.1 Å². The monoisotopic (exact) mass is 408 g/mol. The molecule has 0 aliphatic heterocycles. The minimum absolute atomic E-state index is 0.146. The first kappa shape index (κ1) is 20.6. The molecule has 3 aromatic rings. The molecule has 0 unspecified atom stereocenters. The average molecular weight is 409 g/mol. The van der Waals surface area contributed by atoms with Crippen LogP contribution in [-0.4, -0.2) is 20.9 Å². The number of carbonyl (C=O) groups is 1. The van der Waals surface area contributed by atoms with Crippen LogP contribution >= 0.6 is 0 Å². The number of nitrogens with zero attached hydrogens (tertiary/aromatic N) is 1. The van der Waals surface area contributed by atoms with Crippen LogP contribution < -0.4 is 9.62 Å². The summed E-state index contributed by atoms with van der Waals surface area (Å²) >= 11 is 0. The normalized spacial score (nSPS) is 12.2. The Kier molecular flexibility index (Phi) is 6.34. The van der Waals surface area contributed by atoms with Crippen molar-refractivity contribution >= 4 is 21.6 Å².